The highest BCUT2D eigenvalue weighted by molar-refractivity contribution is 6.04. The molecule has 1 aliphatic rings. The summed E-state index contributed by atoms with van der Waals surface area (Å²) in [5.41, 5.74) is 1.60. The SMILES string of the molecule is CC(=O)c1ccc(C(=O)Nc2cnc(N3CCN(C)CC3)nc2)cc1. The lowest BCUT2D eigenvalue weighted by atomic mass is 10.1. The molecule has 0 radical (unpaired) electrons. The molecule has 1 fully saturated rings. The highest BCUT2D eigenvalue weighted by Gasteiger charge is 2.16. The molecule has 1 aromatic carbocycles. The molecule has 1 aliphatic heterocycles. The van der Waals surface area contributed by atoms with Crippen LogP contribution in [0.2, 0.25) is 0 Å². The van der Waals surface area contributed by atoms with Crippen molar-refractivity contribution in [2.45, 2.75) is 6.92 Å². The van der Waals surface area contributed by atoms with E-state index < -0.39 is 0 Å². The van der Waals surface area contributed by atoms with Gasteiger partial charge in [-0.25, -0.2) is 9.97 Å². The Balaban J connectivity index is 1.62. The fourth-order valence-corrected chi connectivity index (χ4v) is 2.62. The minimum atomic E-state index is -0.258. The summed E-state index contributed by atoms with van der Waals surface area (Å²) in [5.74, 6) is 0.391. The van der Waals surface area contributed by atoms with Crippen LogP contribution in [0.5, 0.6) is 0 Å². The first-order chi connectivity index (χ1) is 12.0. The third kappa shape index (κ3) is 4.19. The molecule has 130 valence electrons. The predicted octanol–water partition coefficient (Wildman–Crippen LogP) is 1.68. The van der Waals surface area contributed by atoms with Crippen molar-refractivity contribution in [1.82, 2.24) is 14.9 Å². The zero-order valence-corrected chi connectivity index (χ0v) is 14.4. The summed E-state index contributed by atoms with van der Waals surface area (Å²) in [6.07, 6.45) is 3.23. The first-order valence-corrected chi connectivity index (χ1v) is 8.21. The number of hydrogen-bond donors (Lipinski definition) is 1. The second-order valence-corrected chi connectivity index (χ2v) is 6.15. The van der Waals surface area contributed by atoms with E-state index in [1.165, 1.54) is 6.92 Å². The summed E-state index contributed by atoms with van der Waals surface area (Å²) in [4.78, 5) is 36.6. The van der Waals surface area contributed by atoms with Gasteiger partial charge in [0, 0.05) is 37.3 Å². The molecule has 25 heavy (non-hydrogen) atoms. The zero-order valence-electron chi connectivity index (χ0n) is 14.4. The Kier molecular flexibility index (Phi) is 5.04. The Morgan fingerprint density at radius 3 is 2.08 bits per heavy atom. The summed E-state index contributed by atoms with van der Waals surface area (Å²) in [7, 11) is 2.10. The van der Waals surface area contributed by atoms with Gasteiger partial charge in [-0.15, -0.1) is 0 Å². The molecule has 0 aliphatic carbocycles. The van der Waals surface area contributed by atoms with Crippen molar-refractivity contribution >= 4 is 23.3 Å². The van der Waals surface area contributed by atoms with Crippen molar-refractivity contribution in [3.05, 3.63) is 47.8 Å². The average Bonchev–Trinajstić information content (AvgIpc) is 2.63. The number of nitrogens with one attached hydrogen (secondary N) is 1. The lowest BCUT2D eigenvalue weighted by Gasteiger charge is -2.32. The van der Waals surface area contributed by atoms with Crippen LogP contribution in [0.3, 0.4) is 0 Å². The van der Waals surface area contributed by atoms with Gasteiger partial charge in [-0.2, -0.15) is 0 Å². The van der Waals surface area contributed by atoms with Crippen molar-refractivity contribution in [1.29, 1.82) is 0 Å². The molecule has 1 saturated heterocycles. The van der Waals surface area contributed by atoms with E-state index in [-0.39, 0.29) is 11.7 Å². The Hall–Kier alpha value is -2.80. The molecule has 0 unspecified atom stereocenters. The second kappa shape index (κ2) is 7.40. The zero-order chi connectivity index (χ0) is 17.8. The number of likely N-dealkylation sites (N-methyl/N-ethyl adjacent to an activating group) is 1. The molecule has 1 amide bonds. The van der Waals surface area contributed by atoms with Crippen LogP contribution in [0, 0.1) is 0 Å². The van der Waals surface area contributed by atoms with Crippen LogP contribution in [0.1, 0.15) is 27.6 Å². The number of aromatic nitrogens is 2. The largest absolute Gasteiger partial charge is 0.338 e. The van der Waals surface area contributed by atoms with Gasteiger partial charge in [-0.1, -0.05) is 12.1 Å². The molecule has 1 aromatic heterocycles. The molecule has 7 nitrogen and oxygen atoms in total. The number of rotatable bonds is 4. The Labute approximate surface area is 146 Å². The van der Waals surface area contributed by atoms with Gasteiger partial charge >= 0.3 is 0 Å². The molecule has 3 rings (SSSR count). The Morgan fingerprint density at radius 1 is 0.960 bits per heavy atom. The maximum atomic E-state index is 12.3. The number of ketones is 1. The molecule has 2 aromatic rings. The Morgan fingerprint density at radius 2 is 1.52 bits per heavy atom. The van der Waals surface area contributed by atoms with Crippen LogP contribution in [-0.4, -0.2) is 59.8 Å². The topological polar surface area (TPSA) is 78.4 Å². The van der Waals surface area contributed by atoms with E-state index in [2.05, 4.69) is 32.1 Å². The summed E-state index contributed by atoms with van der Waals surface area (Å²) in [6.45, 7) is 5.25. The highest BCUT2D eigenvalue weighted by atomic mass is 16.1. The van der Waals surface area contributed by atoms with E-state index in [0.29, 0.717) is 22.8 Å². The van der Waals surface area contributed by atoms with Crippen molar-refractivity contribution < 1.29 is 9.59 Å². The molecule has 0 spiro atoms. The standard InChI is InChI=1S/C18H21N5O2/c1-13(24)14-3-5-15(6-4-14)17(25)21-16-11-19-18(20-12-16)23-9-7-22(2)8-10-23/h3-6,11-12H,7-10H2,1-2H3,(H,21,25). The van der Waals surface area contributed by atoms with Gasteiger partial charge in [0.1, 0.15) is 0 Å². The van der Waals surface area contributed by atoms with Crippen molar-refractivity contribution in [3.8, 4) is 0 Å². The average molecular weight is 339 g/mol. The van der Waals surface area contributed by atoms with Crippen LogP contribution >= 0.6 is 0 Å². The molecule has 2 heterocycles. The lowest BCUT2D eigenvalue weighted by molar-refractivity contribution is 0.100. The van der Waals surface area contributed by atoms with Crippen LogP contribution < -0.4 is 10.2 Å². The number of nitrogens with zero attached hydrogens (tertiary/aromatic N) is 4. The molecule has 0 atom stereocenters. The smallest absolute Gasteiger partial charge is 0.255 e. The van der Waals surface area contributed by atoms with E-state index >= 15 is 0 Å². The third-order valence-electron chi connectivity index (χ3n) is 4.24. The number of amides is 1. The summed E-state index contributed by atoms with van der Waals surface area (Å²) in [5, 5.41) is 2.77. The maximum absolute atomic E-state index is 12.3. The monoisotopic (exact) mass is 339 g/mol. The summed E-state index contributed by atoms with van der Waals surface area (Å²) >= 11 is 0. The number of piperazine rings is 1. The third-order valence-corrected chi connectivity index (χ3v) is 4.24. The normalized spacial score (nSPS) is 15.0. The summed E-state index contributed by atoms with van der Waals surface area (Å²) in [6, 6.07) is 6.55. The number of anilines is 2. The molecule has 0 bridgehead atoms. The Bertz CT molecular complexity index is 750. The fourth-order valence-electron chi connectivity index (χ4n) is 2.62. The van der Waals surface area contributed by atoms with E-state index in [9.17, 15) is 9.59 Å². The molecule has 1 N–H and O–H groups in total. The minimum absolute atomic E-state index is 0.0279. The van der Waals surface area contributed by atoms with E-state index in [1.54, 1.807) is 36.7 Å². The van der Waals surface area contributed by atoms with Crippen molar-refractivity contribution in [3.63, 3.8) is 0 Å². The lowest BCUT2D eigenvalue weighted by Crippen LogP contribution is -2.45. The van der Waals surface area contributed by atoms with E-state index in [1.807, 2.05) is 0 Å². The van der Waals surface area contributed by atoms with Crippen LogP contribution in [0.4, 0.5) is 11.6 Å². The number of carbonyl (C=O) groups excluding carboxylic acids is 2. The van der Waals surface area contributed by atoms with Crippen molar-refractivity contribution in [2.24, 2.45) is 0 Å². The predicted molar refractivity (Wildman–Crippen MR) is 96.1 cm³/mol. The minimum Gasteiger partial charge on any atom is -0.338 e. The maximum Gasteiger partial charge on any atom is 0.255 e. The van der Waals surface area contributed by atoms with Gasteiger partial charge in [0.15, 0.2) is 5.78 Å². The number of carbonyl (C=O) groups is 2. The van der Waals surface area contributed by atoms with E-state index in [4.69, 9.17) is 0 Å². The molecule has 0 saturated carbocycles. The quantitative estimate of drug-likeness (QED) is 0.854. The first kappa shape index (κ1) is 17.0. The van der Waals surface area contributed by atoms with Gasteiger partial charge in [0.2, 0.25) is 5.95 Å². The van der Waals surface area contributed by atoms with Gasteiger partial charge < -0.3 is 15.1 Å². The fraction of sp³-hybridized carbons (Fsp3) is 0.333. The molecular formula is C18H21N5O2. The van der Waals surface area contributed by atoms with Gasteiger partial charge in [-0.05, 0) is 26.1 Å². The van der Waals surface area contributed by atoms with Gasteiger partial charge in [0.05, 0.1) is 18.1 Å². The number of Topliss-reactive ketones (excluding diaryl/α,β-unsaturated/α-hetero) is 1. The summed E-state index contributed by atoms with van der Waals surface area (Å²) < 4.78 is 0. The van der Waals surface area contributed by atoms with Gasteiger partial charge in [0.25, 0.3) is 5.91 Å². The van der Waals surface area contributed by atoms with Crippen LogP contribution in [-0.2, 0) is 0 Å². The molecular weight excluding hydrogens is 318 g/mol. The van der Waals surface area contributed by atoms with Crippen LogP contribution in [0.15, 0.2) is 36.7 Å². The second-order valence-electron chi connectivity index (χ2n) is 6.15. The first-order valence-electron chi connectivity index (χ1n) is 8.21. The molecule has 7 heteroatoms. The van der Waals surface area contributed by atoms with Crippen molar-refractivity contribution in [2.75, 3.05) is 43.4 Å². The van der Waals surface area contributed by atoms with E-state index in [0.717, 1.165) is 26.2 Å². The highest BCUT2D eigenvalue weighted by Crippen LogP contribution is 2.13. The van der Waals surface area contributed by atoms with Gasteiger partial charge in [-0.3, -0.25) is 9.59 Å². The number of hydrogen-bond acceptors (Lipinski definition) is 6. The number of benzene rings is 1. The van der Waals surface area contributed by atoms with Crippen LogP contribution in [0.25, 0.3) is 0 Å².